The van der Waals surface area contributed by atoms with Gasteiger partial charge in [0.15, 0.2) is 0 Å². The molecule has 0 aliphatic heterocycles. The maximum absolute atomic E-state index is 12.2. The summed E-state index contributed by atoms with van der Waals surface area (Å²) in [7, 11) is 0. The van der Waals surface area contributed by atoms with Gasteiger partial charge >= 0.3 is 17.9 Å². The van der Waals surface area contributed by atoms with Crippen LogP contribution in [-0.4, -0.2) is 31.1 Å². The molecule has 0 atom stereocenters. The molecule has 0 aliphatic carbocycles. The Hall–Kier alpha value is -3.87. The number of carbonyl (C=O) groups excluding carboxylic acids is 3. The molecule has 0 radical (unpaired) electrons. The molecule has 0 N–H and O–H groups in total. The zero-order chi connectivity index (χ0) is 20.4. The van der Waals surface area contributed by atoms with Gasteiger partial charge < -0.3 is 18.9 Å². The highest BCUT2D eigenvalue weighted by Crippen LogP contribution is 2.19. The van der Waals surface area contributed by atoms with Gasteiger partial charge in [-0.3, -0.25) is 0 Å². The quantitative estimate of drug-likeness (QED) is 0.285. The van der Waals surface area contributed by atoms with Gasteiger partial charge in [0.2, 0.25) is 0 Å². The Bertz CT molecular complexity index is 851. The molecular formula is C21H18O7. The van der Waals surface area contributed by atoms with E-state index in [0.29, 0.717) is 22.8 Å². The largest absolute Gasteiger partial charge is 0.490 e. The third kappa shape index (κ3) is 6.45. The molecule has 0 unspecified atom stereocenters. The summed E-state index contributed by atoms with van der Waals surface area (Å²) in [6.07, 6.45) is 2.12. The van der Waals surface area contributed by atoms with Gasteiger partial charge in [-0.05, 0) is 48.5 Å². The van der Waals surface area contributed by atoms with Crippen LogP contribution in [-0.2, 0) is 14.3 Å². The fourth-order valence-electron chi connectivity index (χ4n) is 1.95. The summed E-state index contributed by atoms with van der Waals surface area (Å²) in [5, 5.41) is 0. The number of esters is 3. The SMILES string of the molecule is C=CC(=O)OCCOc1ccc(OC(=O)c2ccc(OC(=O)C=C)cc2)cc1. The Morgan fingerprint density at radius 3 is 1.86 bits per heavy atom. The van der Waals surface area contributed by atoms with Crippen molar-refractivity contribution in [1.29, 1.82) is 0 Å². The minimum absolute atomic E-state index is 0.0969. The molecule has 7 nitrogen and oxygen atoms in total. The van der Waals surface area contributed by atoms with Crippen LogP contribution in [0.5, 0.6) is 17.2 Å². The molecule has 2 aromatic carbocycles. The summed E-state index contributed by atoms with van der Waals surface area (Å²) < 4.78 is 20.4. The van der Waals surface area contributed by atoms with Crippen LogP contribution in [0.15, 0.2) is 73.8 Å². The number of benzene rings is 2. The number of rotatable bonds is 9. The van der Waals surface area contributed by atoms with E-state index in [4.69, 9.17) is 18.9 Å². The fourth-order valence-corrected chi connectivity index (χ4v) is 1.95. The van der Waals surface area contributed by atoms with Gasteiger partial charge in [-0.2, -0.15) is 0 Å². The van der Waals surface area contributed by atoms with Crippen LogP contribution in [0.4, 0.5) is 0 Å². The standard InChI is InChI=1S/C21H18O7/c1-3-19(22)26-14-13-25-16-9-11-18(12-10-16)28-21(24)15-5-7-17(8-6-15)27-20(23)4-2/h3-12H,1-2,13-14H2. The Morgan fingerprint density at radius 2 is 1.25 bits per heavy atom. The molecular weight excluding hydrogens is 364 g/mol. The summed E-state index contributed by atoms with van der Waals surface area (Å²) in [6, 6.07) is 12.3. The summed E-state index contributed by atoms with van der Waals surface area (Å²) >= 11 is 0. The molecule has 0 fully saturated rings. The molecule has 7 heteroatoms. The number of hydrogen-bond acceptors (Lipinski definition) is 7. The van der Waals surface area contributed by atoms with Crippen molar-refractivity contribution < 1.29 is 33.3 Å². The third-order valence-corrected chi connectivity index (χ3v) is 3.27. The van der Waals surface area contributed by atoms with E-state index >= 15 is 0 Å². The van der Waals surface area contributed by atoms with Crippen molar-refractivity contribution in [3.8, 4) is 17.2 Å². The van der Waals surface area contributed by atoms with E-state index in [1.54, 1.807) is 24.3 Å². The summed E-state index contributed by atoms with van der Waals surface area (Å²) in [6.45, 7) is 6.88. The zero-order valence-corrected chi connectivity index (χ0v) is 15.0. The van der Waals surface area contributed by atoms with Crippen molar-refractivity contribution in [1.82, 2.24) is 0 Å². The van der Waals surface area contributed by atoms with E-state index < -0.39 is 17.9 Å². The van der Waals surface area contributed by atoms with Crippen molar-refractivity contribution in [2.75, 3.05) is 13.2 Å². The van der Waals surface area contributed by atoms with Gasteiger partial charge in [0.1, 0.15) is 30.5 Å². The number of ether oxygens (including phenoxy) is 4. The lowest BCUT2D eigenvalue weighted by Gasteiger charge is -2.08. The van der Waals surface area contributed by atoms with Crippen molar-refractivity contribution in [2.24, 2.45) is 0 Å². The van der Waals surface area contributed by atoms with Gasteiger partial charge in [0.25, 0.3) is 0 Å². The average molecular weight is 382 g/mol. The van der Waals surface area contributed by atoms with Crippen molar-refractivity contribution >= 4 is 17.9 Å². The molecule has 2 rings (SSSR count). The van der Waals surface area contributed by atoms with Gasteiger partial charge in [0, 0.05) is 12.2 Å². The van der Waals surface area contributed by atoms with E-state index in [-0.39, 0.29) is 13.2 Å². The van der Waals surface area contributed by atoms with Crippen LogP contribution in [0.25, 0.3) is 0 Å². The summed E-state index contributed by atoms with van der Waals surface area (Å²) in [5.74, 6) is -0.511. The normalized spacial score (nSPS) is 9.71. The Morgan fingerprint density at radius 1 is 0.714 bits per heavy atom. The first-order chi connectivity index (χ1) is 13.5. The third-order valence-electron chi connectivity index (χ3n) is 3.27. The lowest BCUT2D eigenvalue weighted by atomic mass is 10.2. The summed E-state index contributed by atoms with van der Waals surface area (Å²) in [4.78, 5) is 34.2. The van der Waals surface area contributed by atoms with E-state index in [1.165, 1.54) is 24.3 Å². The highest BCUT2D eigenvalue weighted by atomic mass is 16.6. The molecule has 0 saturated carbocycles. The molecule has 0 aromatic heterocycles. The topological polar surface area (TPSA) is 88.1 Å². The average Bonchev–Trinajstić information content (AvgIpc) is 2.72. The molecule has 0 heterocycles. The first-order valence-corrected chi connectivity index (χ1v) is 8.20. The Labute approximate surface area is 161 Å². The second kappa shape index (κ2) is 10.3. The van der Waals surface area contributed by atoms with Crippen molar-refractivity contribution in [3.05, 3.63) is 79.4 Å². The van der Waals surface area contributed by atoms with Crippen LogP contribution in [0, 0.1) is 0 Å². The van der Waals surface area contributed by atoms with Crippen LogP contribution < -0.4 is 14.2 Å². The van der Waals surface area contributed by atoms with Crippen LogP contribution in [0.2, 0.25) is 0 Å². The maximum Gasteiger partial charge on any atom is 0.343 e. The van der Waals surface area contributed by atoms with Gasteiger partial charge in [-0.15, -0.1) is 0 Å². The van der Waals surface area contributed by atoms with E-state index in [0.717, 1.165) is 12.2 Å². The second-order valence-corrected chi connectivity index (χ2v) is 5.23. The molecule has 0 aliphatic rings. The van der Waals surface area contributed by atoms with Gasteiger partial charge in [0.05, 0.1) is 5.56 Å². The molecule has 144 valence electrons. The Balaban J connectivity index is 1.85. The Kier molecular flexibility index (Phi) is 7.53. The van der Waals surface area contributed by atoms with Gasteiger partial charge in [-0.25, -0.2) is 14.4 Å². The van der Waals surface area contributed by atoms with Crippen LogP contribution in [0.1, 0.15) is 10.4 Å². The van der Waals surface area contributed by atoms with Crippen molar-refractivity contribution in [2.45, 2.75) is 0 Å². The highest BCUT2D eigenvalue weighted by molar-refractivity contribution is 5.91. The molecule has 0 bridgehead atoms. The number of hydrogen-bond donors (Lipinski definition) is 0. The molecule has 2 aromatic rings. The highest BCUT2D eigenvalue weighted by Gasteiger charge is 2.10. The van der Waals surface area contributed by atoms with Crippen LogP contribution >= 0.6 is 0 Å². The van der Waals surface area contributed by atoms with Crippen LogP contribution in [0.3, 0.4) is 0 Å². The molecule has 0 saturated heterocycles. The second-order valence-electron chi connectivity index (χ2n) is 5.23. The lowest BCUT2D eigenvalue weighted by Crippen LogP contribution is -2.10. The monoisotopic (exact) mass is 382 g/mol. The van der Waals surface area contributed by atoms with Gasteiger partial charge in [-0.1, -0.05) is 13.2 Å². The molecule has 28 heavy (non-hydrogen) atoms. The minimum Gasteiger partial charge on any atom is -0.490 e. The molecule has 0 amide bonds. The zero-order valence-electron chi connectivity index (χ0n) is 15.0. The predicted molar refractivity (Wildman–Crippen MR) is 100 cm³/mol. The minimum atomic E-state index is -0.587. The van der Waals surface area contributed by atoms with E-state index in [1.807, 2.05) is 0 Å². The molecule has 0 spiro atoms. The smallest absolute Gasteiger partial charge is 0.343 e. The predicted octanol–water partition coefficient (Wildman–Crippen LogP) is 3.11. The van der Waals surface area contributed by atoms with Crippen molar-refractivity contribution in [3.63, 3.8) is 0 Å². The lowest BCUT2D eigenvalue weighted by molar-refractivity contribution is -0.138. The fraction of sp³-hybridized carbons (Fsp3) is 0.0952. The maximum atomic E-state index is 12.2. The first-order valence-electron chi connectivity index (χ1n) is 8.20. The first kappa shape index (κ1) is 20.4. The van der Waals surface area contributed by atoms with E-state index in [9.17, 15) is 14.4 Å². The summed E-state index contributed by atoms with van der Waals surface area (Å²) in [5.41, 5.74) is 0.294. The van der Waals surface area contributed by atoms with E-state index in [2.05, 4.69) is 13.2 Å². The number of carbonyl (C=O) groups is 3.